The smallest absolute Gasteiger partial charge is 0.315 e. The molecule has 5 amide bonds. The first kappa shape index (κ1) is 32.9. The van der Waals surface area contributed by atoms with Gasteiger partial charge in [0.05, 0.1) is 6.04 Å². The number of hydrogen-bond donors (Lipinski definition) is 4. The van der Waals surface area contributed by atoms with E-state index in [0.29, 0.717) is 19.4 Å². The first-order chi connectivity index (χ1) is 21.1. The highest BCUT2D eigenvalue weighted by Crippen LogP contribution is 2.65. The van der Waals surface area contributed by atoms with Crippen LogP contribution in [0.25, 0.3) is 0 Å². The van der Waals surface area contributed by atoms with Crippen molar-refractivity contribution in [1.82, 2.24) is 25.8 Å². The van der Waals surface area contributed by atoms with Crippen molar-refractivity contribution in [2.45, 2.75) is 116 Å². The van der Waals surface area contributed by atoms with Gasteiger partial charge < -0.3 is 26.6 Å². The molecule has 5 rings (SSSR count). The Morgan fingerprint density at radius 3 is 2.24 bits per heavy atom. The molecule has 5 atom stereocenters. The first-order valence-electron chi connectivity index (χ1n) is 16.5. The molecule has 0 bridgehead atoms. The van der Waals surface area contributed by atoms with Gasteiger partial charge in [0, 0.05) is 24.5 Å². The molecule has 11 nitrogen and oxygen atoms in total. The maximum Gasteiger partial charge on any atom is 0.315 e. The Morgan fingerprint density at radius 2 is 1.67 bits per heavy atom. The number of nitrogens with one attached hydrogen (secondary N) is 3. The Hall–Kier alpha value is -3.50. The summed E-state index contributed by atoms with van der Waals surface area (Å²) in [4.78, 5) is 72.0. The summed E-state index contributed by atoms with van der Waals surface area (Å²) >= 11 is 0. The monoisotopic (exact) mass is 622 g/mol. The largest absolute Gasteiger partial charge is 0.363 e. The standard InChI is InChI=1S/C34H50N6O5/c1-32(2,3)27(38-31(45)39-34(13-7-6-8-14-34)18-21-11-15-36-16-12-21)30(44)40-19-22-24(33(22,4)5)25(40)29(43)37-23(17-20-9-10-20)26(41)28(35)42/h11-12,15-16,20,22-25,27H,6-10,13-14,17-19H2,1-5H3,(H2,35,42)(H,37,43)(H2,38,39,45)/t22-,23?,24-,25-,27+/m0/s1. The van der Waals surface area contributed by atoms with Crippen molar-refractivity contribution in [3.63, 3.8) is 0 Å². The SMILES string of the molecule is CC(C)(C)[C@H](NC(=O)NC1(Cc2ccncc2)CCCCC1)C(=O)N1C[C@H]2[C@@H]([C@H]1C(=O)NC(CC1CC1)C(=O)C(N)=O)C2(C)C. The second-order valence-electron chi connectivity index (χ2n) is 15.6. The lowest BCUT2D eigenvalue weighted by Crippen LogP contribution is -2.63. The fourth-order valence-corrected chi connectivity index (χ4v) is 7.85. The van der Waals surface area contributed by atoms with Crippen molar-refractivity contribution < 1.29 is 24.0 Å². The molecule has 11 heteroatoms. The number of aromatic nitrogens is 1. The molecule has 0 spiro atoms. The molecule has 1 saturated heterocycles. The van der Waals surface area contributed by atoms with Gasteiger partial charge >= 0.3 is 6.03 Å². The van der Waals surface area contributed by atoms with E-state index in [1.54, 1.807) is 17.3 Å². The zero-order chi connectivity index (χ0) is 32.7. The van der Waals surface area contributed by atoms with Gasteiger partial charge in [-0.25, -0.2) is 4.79 Å². The van der Waals surface area contributed by atoms with Crippen LogP contribution >= 0.6 is 0 Å². The third-order valence-electron chi connectivity index (χ3n) is 10.8. The summed E-state index contributed by atoms with van der Waals surface area (Å²) in [6.07, 6.45) is 11.3. The summed E-state index contributed by atoms with van der Waals surface area (Å²) in [5.74, 6) is -2.37. The van der Waals surface area contributed by atoms with Gasteiger partial charge in [-0.1, -0.05) is 66.7 Å². The van der Waals surface area contributed by atoms with E-state index in [9.17, 15) is 24.0 Å². The average molecular weight is 623 g/mol. The first-order valence-corrected chi connectivity index (χ1v) is 16.5. The molecule has 45 heavy (non-hydrogen) atoms. The zero-order valence-electron chi connectivity index (χ0n) is 27.4. The normalized spacial score (nSPS) is 26.2. The van der Waals surface area contributed by atoms with Crippen molar-refractivity contribution in [3.05, 3.63) is 30.1 Å². The summed E-state index contributed by atoms with van der Waals surface area (Å²) in [6.45, 7) is 10.2. The van der Waals surface area contributed by atoms with E-state index in [2.05, 4.69) is 34.8 Å². The van der Waals surface area contributed by atoms with Crippen molar-refractivity contribution >= 4 is 29.5 Å². The summed E-state index contributed by atoms with van der Waals surface area (Å²) in [7, 11) is 0. The number of carbonyl (C=O) groups is 5. The van der Waals surface area contributed by atoms with Gasteiger partial charge in [-0.05, 0) is 72.0 Å². The molecule has 2 heterocycles. The quantitative estimate of drug-likeness (QED) is 0.277. The van der Waals surface area contributed by atoms with E-state index in [1.165, 1.54) is 0 Å². The highest BCUT2D eigenvalue weighted by atomic mass is 16.2. The van der Waals surface area contributed by atoms with Crippen LogP contribution in [0.4, 0.5) is 4.79 Å². The van der Waals surface area contributed by atoms with E-state index in [4.69, 9.17) is 5.73 Å². The van der Waals surface area contributed by atoms with Gasteiger partial charge in [-0.3, -0.25) is 24.2 Å². The molecule has 0 aromatic carbocycles. The molecule has 1 unspecified atom stereocenters. The van der Waals surface area contributed by atoms with Gasteiger partial charge in [0.2, 0.25) is 17.6 Å². The van der Waals surface area contributed by atoms with Crippen LogP contribution in [0.5, 0.6) is 0 Å². The Kier molecular flexibility index (Phi) is 9.03. The van der Waals surface area contributed by atoms with E-state index in [-0.39, 0.29) is 29.1 Å². The highest BCUT2D eigenvalue weighted by molar-refractivity contribution is 6.37. The molecule has 5 N–H and O–H groups in total. The fourth-order valence-electron chi connectivity index (χ4n) is 7.85. The van der Waals surface area contributed by atoms with Crippen LogP contribution in [0.1, 0.15) is 91.5 Å². The lowest BCUT2D eigenvalue weighted by molar-refractivity contribution is -0.145. The van der Waals surface area contributed by atoms with Gasteiger partial charge in [-0.15, -0.1) is 0 Å². The number of Topliss-reactive ketones (excluding diaryl/α,β-unsaturated/α-hetero) is 1. The lowest BCUT2D eigenvalue weighted by atomic mass is 9.77. The molecule has 246 valence electrons. The summed E-state index contributed by atoms with van der Waals surface area (Å²) < 4.78 is 0. The zero-order valence-corrected chi connectivity index (χ0v) is 27.4. The number of fused-ring (bicyclic) bond motifs is 1. The molecule has 3 saturated carbocycles. The number of pyridine rings is 1. The average Bonchev–Trinajstić information content (AvgIpc) is 3.82. The molecule has 4 aliphatic rings. The van der Waals surface area contributed by atoms with Crippen molar-refractivity contribution in [3.8, 4) is 0 Å². The van der Waals surface area contributed by atoms with E-state index in [1.807, 2.05) is 32.9 Å². The minimum atomic E-state index is -1.08. The van der Waals surface area contributed by atoms with Crippen molar-refractivity contribution in [1.29, 1.82) is 0 Å². The molecule has 3 aliphatic carbocycles. The number of rotatable bonds is 11. The molecule has 1 aromatic heterocycles. The van der Waals surface area contributed by atoms with Crippen molar-refractivity contribution in [2.24, 2.45) is 34.3 Å². The third kappa shape index (κ3) is 7.17. The van der Waals surface area contributed by atoms with Crippen LogP contribution in [-0.4, -0.2) is 69.6 Å². The summed E-state index contributed by atoms with van der Waals surface area (Å²) in [5, 5.41) is 9.08. The summed E-state index contributed by atoms with van der Waals surface area (Å²) in [5.41, 5.74) is 5.18. The van der Waals surface area contributed by atoms with Gasteiger partial charge in [-0.2, -0.15) is 0 Å². The number of amides is 5. The van der Waals surface area contributed by atoms with Gasteiger partial charge in [0.1, 0.15) is 12.1 Å². The van der Waals surface area contributed by atoms with Gasteiger partial charge in [0.25, 0.3) is 5.91 Å². The fraction of sp³-hybridized carbons (Fsp3) is 0.706. The second-order valence-corrected chi connectivity index (χ2v) is 15.6. The van der Waals surface area contributed by atoms with Crippen LogP contribution < -0.4 is 21.7 Å². The summed E-state index contributed by atoms with van der Waals surface area (Å²) in [6, 6.07) is 0.816. The van der Waals surface area contributed by atoms with Crippen LogP contribution in [0, 0.1) is 28.6 Å². The predicted molar refractivity (Wildman–Crippen MR) is 168 cm³/mol. The number of nitrogens with two attached hydrogens (primary N) is 1. The second kappa shape index (κ2) is 12.4. The van der Waals surface area contributed by atoms with Crippen LogP contribution in [-0.2, 0) is 25.6 Å². The number of hydrogen-bond acceptors (Lipinski definition) is 6. The van der Waals surface area contributed by atoms with E-state index < -0.39 is 52.7 Å². The lowest BCUT2D eigenvalue weighted by Gasteiger charge is -2.41. The molecule has 1 aromatic rings. The van der Waals surface area contributed by atoms with Crippen LogP contribution in [0.15, 0.2) is 24.5 Å². The number of ketones is 1. The van der Waals surface area contributed by atoms with Crippen molar-refractivity contribution in [2.75, 3.05) is 6.54 Å². The number of nitrogens with zero attached hydrogens (tertiary/aromatic N) is 2. The van der Waals surface area contributed by atoms with E-state index >= 15 is 0 Å². The maximum absolute atomic E-state index is 14.4. The number of primary amides is 1. The Morgan fingerprint density at radius 1 is 1.02 bits per heavy atom. The number of likely N-dealkylation sites (tertiary alicyclic amines) is 1. The Balaban J connectivity index is 1.33. The number of piperidine rings is 1. The number of carbonyl (C=O) groups excluding carboxylic acids is 5. The van der Waals surface area contributed by atoms with Crippen LogP contribution in [0.2, 0.25) is 0 Å². The van der Waals surface area contributed by atoms with Crippen LogP contribution in [0.3, 0.4) is 0 Å². The van der Waals surface area contributed by atoms with Gasteiger partial charge in [0.15, 0.2) is 0 Å². The minimum Gasteiger partial charge on any atom is -0.363 e. The highest BCUT2D eigenvalue weighted by Gasteiger charge is 2.70. The Labute approximate surface area is 266 Å². The van der Waals surface area contributed by atoms with E-state index in [0.717, 1.165) is 50.5 Å². The minimum absolute atomic E-state index is 0.0907. The Bertz CT molecular complexity index is 1310. The molecular weight excluding hydrogens is 572 g/mol. The molecular formula is C34H50N6O5. The molecule has 0 radical (unpaired) electrons. The number of urea groups is 1. The predicted octanol–water partition coefficient (Wildman–Crippen LogP) is 2.86. The maximum atomic E-state index is 14.4. The molecule has 1 aliphatic heterocycles. The topological polar surface area (TPSA) is 164 Å². The molecule has 4 fully saturated rings. The third-order valence-corrected chi connectivity index (χ3v) is 10.8.